The number of halogens is 3. The summed E-state index contributed by atoms with van der Waals surface area (Å²) in [5.74, 6) is 0.180. The van der Waals surface area contributed by atoms with Crippen LogP contribution in [0.5, 0.6) is 5.75 Å². The summed E-state index contributed by atoms with van der Waals surface area (Å²) in [5, 5.41) is 1.13. The number of methoxy groups -OCH3 is 1. The van der Waals surface area contributed by atoms with Gasteiger partial charge in [-0.3, -0.25) is 4.79 Å². The van der Waals surface area contributed by atoms with E-state index in [1.165, 1.54) is 13.2 Å². The van der Waals surface area contributed by atoms with Gasteiger partial charge in [0.1, 0.15) is 5.75 Å². The summed E-state index contributed by atoms with van der Waals surface area (Å²) in [6, 6.07) is 3.06. The molecule has 1 aromatic rings. The van der Waals surface area contributed by atoms with Crippen molar-refractivity contribution in [2.24, 2.45) is 0 Å². The van der Waals surface area contributed by atoms with Gasteiger partial charge in [-0.15, -0.1) is 0 Å². The van der Waals surface area contributed by atoms with Crippen LogP contribution in [0.25, 0.3) is 0 Å². The number of esters is 1. The minimum Gasteiger partial charge on any atom is -0.492 e. The molecule has 0 bridgehead atoms. The molecular formula is C11H11Cl3O3. The predicted molar refractivity (Wildman–Crippen MR) is 68.2 cm³/mol. The van der Waals surface area contributed by atoms with Crippen molar-refractivity contribution in [3.05, 3.63) is 27.2 Å². The van der Waals surface area contributed by atoms with E-state index in [1.54, 1.807) is 6.07 Å². The van der Waals surface area contributed by atoms with Gasteiger partial charge >= 0.3 is 5.97 Å². The van der Waals surface area contributed by atoms with Crippen molar-refractivity contribution in [3.63, 3.8) is 0 Å². The number of carbonyl (C=O) groups excluding carboxylic acids is 1. The third-order valence-corrected chi connectivity index (χ3v) is 3.00. The molecule has 0 saturated carbocycles. The van der Waals surface area contributed by atoms with Gasteiger partial charge < -0.3 is 9.47 Å². The maximum Gasteiger partial charge on any atom is 0.305 e. The Morgan fingerprint density at radius 1 is 1.18 bits per heavy atom. The van der Waals surface area contributed by atoms with Crippen molar-refractivity contribution < 1.29 is 14.3 Å². The van der Waals surface area contributed by atoms with Gasteiger partial charge in [0.2, 0.25) is 0 Å². The third kappa shape index (κ3) is 4.62. The van der Waals surface area contributed by atoms with Crippen LogP contribution in [0.15, 0.2) is 12.1 Å². The maximum absolute atomic E-state index is 10.8. The third-order valence-electron chi connectivity index (χ3n) is 1.99. The molecule has 0 fully saturated rings. The van der Waals surface area contributed by atoms with Crippen molar-refractivity contribution >= 4 is 40.8 Å². The number of rotatable bonds is 5. The summed E-state index contributed by atoms with van der Waals surface area (Å²) in [6.07, 6.45) is 0.846. The van der Waals surface area contributed by atoms with Gasteiger partial charge in [-0.25, -0.2) is 0 Å². The molecule has 0 saturated heterocycles. The Kier molecular flexibility index (Phi) is 5.89. The van der Waals surface area contributed by atoms with Crippen LogP contribution in [-0.4, -0.2) is 19.7 Å². The molecule has 1 rings (SSSR count). The molecule has 0 radical (unpaired) electrons. The van der Waals surface area contributed by atoms with Crippen LogP contribution in [0.4, 0.5) is 0 Å². The van der Waals surface area contributed by atoms with Crippen molar-refractivity contribution in [3.8, 4) is 5.75 Å². The van der Waals surface area contributed by atoms with Crippen molar-refractivity contribution in [2.45, 2.75) is 12.8 Å². The highest BCUT2D eigenvalue weighted by molar-refractivity contribution is 6.43. The van der Waals surface area contributed by atoms with Crippen LogP contribution in [-0.2, 0) is 9.53 Å². The van der Waals surface area contributed by atoms with Gasteiger partial charge in [-0.1, -0.05) is 34.8 Å². The highest BCUT2D eigenvalue weighted by Crippen LogP contribution is 2.33. The summed E-state index contributed by atoms with van der Waals surface area (Å²) in [4.78, 5) is 10.8. The minimum atomic E-state index is -0.270. The molecule has 0 N–H and O–H groups in total. The van der Waals surface area contributed by atoms with E-state index < -0.39 is 0 Å². The standard InChI is InChI=1S/C11H11Cl3O3/c1-16-11(15)3-2-4-17-10-6-8(13)7(12)5-9(10)14/h5-6H,2-4H2,1H3. The smallest absolute Gasteiger partial charge is 0.305 e. The zero-order valence-electron chi connectivity index (χ0n) is 9.13. The Bertz CT molecular complexity index is 407. The molecule has 0 spiro atoms. The normalized spacial score (nSPS) is 10.1. The lowest BCUT2D eigenvalue weighted by Gasteiger charge is -2.08. The quantitative estimate of drug-likeness (QED) is 0.468. The molecular weight excluding hydrogens is 286 g/mol. The van der Waals surface area contributed by atoms with E-state index in [9.17, 15) is 4.79 Å². The molecule has 0 amide bonds. The summed E-state index contributed by atoms with van der Waals surface area (Å²) < 4.78 is 9.89. The monoisotopic (exact) mass is 296 g/mol. The SMILES string of the molecule is COC(=O)CCCOc1cc(Cl)c(Cl)cc1Cl. The summed E-state index contributed by atoms with van der Waals surface area (Å²) >= 11 is 17.5. The Morgan fingerprint density at radius 3 is 2.47 bits per heavy atom. The topological polar surface area (TPSA) is 35.5 Å². The number of ether oxygens (including phenoxy) is 2. The maximum atomic E-state index is 10.8. The Hall–Kier alpha value is -0.640. The molecule has 0 aliphatic carbocycles. The molecule has 0 aliphatic heterocycles. The van der Waals surface area contributed by atoms with E-state index >= 15 is 0 Å². The number of benzene rings is 1. The molecule has 0 aromatic heterocycles. The van der Waals surface area contributed by atoms with Crippen molar-refractivity contribution in [1.82, 2.24) is 0 Å². The average Bonchev–Trinajstić information content (AvgIpc) is 2.30. The van der Waals surface area contributed by atoms with E-state index in [0.29, 0.717) is 40.3 Å². The summed E-state index contributed by atoms with van der Waals surface area (Å²) in [7, 11) is 1.35. The molecule has 94 valence electrons. The largest absolute Gasteiger partial charge is 0.492 e. The van der Waals surface area contributed by atoms with Gasteiger partial charge in [0.25, 0.3) is 0 Å². The molecule has 0 unspecified atom stereocenters. The van der Waals surface area contributed by atoms with Gasteiger partial charge in [-0.05, 0) is 12.5 Å². The highest BCUT2D eigenvalue weighted by atomic mass is 35.5. The van der Waals surface area contributed by atoms with Gasteiger partial charge in [0, 0.05) is 12.5 Å². The van der Waals surface area contributed by atoms with Crippen LogP contribution in [0.1, 0.15) is 12.8 Å². The lowest BCUT2D eigenvalue weighted by Crippen LogP contribution is -2.04. The van der Waals surface area contributed by atoms with Crippen LogP contribution in [0.2, 0.25) is 15.1 Å². The zero-order valence-corrected chi connectivity index (χ0v) is 11.4. The van der Waals surface area contributed by atoms with Crippen LogP contribution >= 0.6 is 34.8 Å². The van der Waals surface area contributed by atoms with Crippen LogP contribution < -0.4 is 4.74 Å². The zero-order chi connectivity index (χ0) is 12.8. The second kappa shape index (κ2) is 6.94. The second-order valence-electron chi connectivity index (χ2n) is 3.22. The first-order valence-corrected chi connectivity index (χ1v) is 6.02. The van der Waals surface area contributed by atoms with E-state index in [4.69, 9.17) is 39.5 Å². The van der Waals surface area contributed by atoms with Gasteiger partial charge in [-0.2, -0.15) is 0 Å². The first-order valence-electron chi connectivity index (χ1n) is 4.88. The van der Waals surface area contributed by atoms with Gasteiger partial charge in [0.15, 0.2) is 0 Å². The fourth-order valence-corrected chi connectivity index (χ4v) is 1.71. The molecule has 0 atom stereocenters. The number of hydrogen-bond acceptors (Lipinski definition) is 3. The van der Waals surface area contributed by atoms with E-state index in [-0.39, 0.29) is 5.97 Å². The van der Waals surface area contributed by atoms with Gasteiger partial charge in [0.05, 0.1) is 28.8 Å². The Labute approximate surface area is 115 Å². The lowest BCUT2D eigenvalue weighted by molar-refractivity contribution is -0.140. The summed E-state index contributed by atoms with van der Waals surface area (Å²) in [5.41, 5.74) is 0. The number of carbonyl (C=O) groups is 1. The fourth-order valence-electron chi connectivity index (χ4n) is 1.12. The highest BCUT2D eigenvalue weighted by Gasteiger charge is 2.07. The van der Waals surface area contributed by atoms with Crippen molar-refractivity contribution in [2.75, 3.05) is 13.7 Å². The molecule has 17 heavy (non-hydrogen) atoms. The average molecular weight is 298 g/mol. The van der Waals surface area contributed by atoms with Crippen LogP contribution in [0, 0.1) is 0 Å². The molecule has 0 heterocycles. The Balaban J connectivity index is 2.47. The first kappa shape index (κ1) is 14.4. The van der Waals surface area contributed by atoms with E-state index in [0.717, 1.165) is 0 Å². The fraction of sp³-hybridized carbons (Fsp3) is 0.364. The second-order valence-corrected chi connectivity index (χ2v) is 4.45. The van der Waals surface area contributed by atoms with Crippen LogP contribution in [0.3, 0.4) is 0 Å². The lowest BCUT2D eigenvalue weighted by atomic mass is 10.3. The molecule has 1 aromatic carbocycles. The van der Waals surface area contributed by atoms with Crippen molar-refractivity contribution in [1.29, 1.82) is 0 Å². The van der Waals surface area contributed by atoms with E-state index in [2.05, 4.69) is 4.74 Å². The Morgan fingerprint density at radius 2 is 1.82 bits per heavy atom. The molecule has 0 aliphatic rings. The number of hydrogen-bond donors (Lipinski definition) is 0. The molecule has 3 nitrogen and oxygen atoms in total. The van der Waals surface area contributed by atoms with E-state index in [1.807, 2.05) is 0 Å². The predicted octanol–water partition coefficient (Wildman–Crippen LogP) is 3.98. The molecule has 6 heteroatoms. The minimum absolute atomic E-state index is 0.270. The summed E-state index contributed by atoms with van der Waals surface area (Å²) in [6.45, 7) is 0.354. The first-order chi connectivity index (χ1) is 8.04.